The lowest BCUT2D eigenvalue weighted by atomic mass is 10.2. The average Bonchev–Trinajstić information content (AvgIpc) is 2.56. The van der Waals surface area contributed by atoms with E-state index in [9.17, 15) is 4.89 Å². The molecule has 0 heterocycles. The van der Waals surface area contributed by atoms with E-state index in [0.29, 0.717) is 11.5 Å². The standard InChI is InChI=1S/C12H11O3P.C8H19N/c13-16(14-11-7-3-1-4-8-11)15-12-9-5-2-6-10-12;1-7(2)5-9-6-8(3)4/h1-10,13H;7-9H,5-6H2,1-4H3. The van der Waals surface area contributed by atoms with Gasteiger partial charge in [-0.1, -0.05) is 64.1 Å². The Balaban J connectivity index is 0.000000299. The molecule has 0 aliphatic rings. The van der Waals surface area contributed by atoms with Gasteiger partial charge in [-0.05, 0) is 49.2 Å². The second kappa shape index (κ2) is 12.7. The second-order valence-corrected chi connectivity index (χ2v) is 7.33. The summed E-state index contributed by atoms with van der Waals surface area (Å²) in [5, 5.41) is 3.38. The Kier molecular flexibility index (Phi) is 10.9. The Labute approximate surface area is 153 Å². The van der Waals surface area contributed by atoms with E-state index in [1.54, 1.807) is 24.3 Å². The molecule has 2 aromatic carbocycles. The summed E-state index contributed by atoms with van der Waals surface area (Å²) in [6.45, 7) is 11.2. The Morgan fingerprint density at radius 1 is 0.760 bits per heavy atom. The van der Waals surface area contributed by atoms with E-state index < -0.39 is 8.60 Å². The molecule has 0 aromatic heterocycles. The molecule has 25 heavy (non-hydrogen) atoms. The Bertz CT molecular complexity index is 500. The molecule has 138 valence electrons. The quantitative estimate of drug-likeness (QED) is 0.629. The predicted octanol–water partition coefficient (Wildman–Crippen LogP) is 5.25. The van der Waals surface area contributed by atoms with E-state index >= 15 is 0 Å². The molecular formula is C20H30NO3P. The maximum absolute atomic E-state index is 9.58. The lowest BCUT2D eigenvalue weighted by Gasteiger charge is -2.11. The van der Waals surface area contributed by atoms with Gasteiger partial charge in [0.25, 0.3) is 0 Å². The highest BCUT2D eigenvalue weighted by Crippen LogP contribution is 2.35. The van der Waals surface area contributed by atoms with Crippen LogP contribution in [0, 0.1) is 11.8 Å². The molecule has 0 amide bonds. The summed E-state index contributed by atoms with van der Waals surface area (Å²) in [7, 11) is -1.93. The van der Waals surface area contributed by atoms with E-state index in [4.69, 9.17) is 9.05 Å². The van der Waals surface area contributed by atoms with Crippen LogP contribution in [-0.4, -0.2) is 18.0 Å². The van der Waals surface area contributed by atoms with Gasteiger partial charge in [-0.15, -0.1) is 0 Å². The minimum absolute atomic E-state index is 0.590. The largest absolute Gasteiger partial charge is 0.460 e. The summed E-state index contributed by atoms with van der Waals surface area (Å²) in [5.41, 5.74) is 0. The molecule has 0 saturated heterocycles. The van der Waals surface area contributed by atoms with Crippen LogP contribution in [0.25, 0.3) is 0 Å². The fourth-order valence-corrected chi connectivity index (χ4v) is 2.46. The van der Waals surface area contributed by atoms with Gasteiger partial charge in [0.05, 0.1) is 0 Å². The van der Waals surface area contributed by atoms with Crippen molar-refractivity contribution in [3.8, 4) is 11.5 Å². The first-order chi connectivity index (χ1) is 12.0. The molecule has 0 bridgehead atoms. The van der Waals surface area contributed by atoms with Crippen LogP contribution < -0.4 is 14.4 Å². The van der Waals surface area contributed by atoms with Crippen LogP contribution in [0.15, 0.2) is 60.7 Å². The van der Waals surface area contributed by atoms with E-state index in [2.05, 4.69) is 33.0 Å². The number of hydrogen-bond donors (Lipinski definition) is 2. The molecule has 2 aromatic rings. The SMILES string of the molecule is CC(C)CNCC(C)C.OP(Oc1ccccc1)Oc1ccccc1. The lowest BCUT2D eigenvalue weighted by Crippen LogP contribution is -2.23. The van der Waals surface area contributed by atoms with Crippen LogP contribution in [0.1, 0.15) is 27.7 Å². The zero-order valence-electron chi connectivity index (χ0n) is 15.6. The van der Waals surface area contributed by atoms with Crippen molar-refractivity contribution in [1.82, 2.24) is 5.32 Å². The summed E-state index contributed by atoms with van der Waals surface area (Å²) in [6.07, 6.45) is 0. The zero-order chi connectivity index (χ0) is 18.5. The van der Waals surface area contributed by atoms with Gasteiger partial charge in [-0.3, -0.25) is 0 Å². The number of para-hydroxylation sites is 2. The number of nitrogens with one attached hydrogen (secondary N) is 1. The third-order valence-electron chi connectivity index (χ3n) is 2.96. The first-order valence-electron chi connectivity index (χ1n) is 8.63. The maximum Gasteiger partial charge on any atom is 0.460 e. The van der Waals surface area contributed by atoms with Gasteiger partial charge in [0, 0.05) is 0 Å². The van der Waals surface area contributed by atoms with Crippen LogP contribution in [0.4, 0.5) is 0 Å². The van der Waals surface area contributed by atoms with Gasteiger partial charge < -0.3 is 19.3 Å². The highest BCUT2D eigenvalue weighted by molar-refractivity contribution is 7.41. The second-order valence-electron chi connectivity index (χ2n) is 6.49. The lowest BCUT2D eigenvalue weighted by molar-refractivity contribution is 0.382. The van der Waals surface area contributed by atoms with E-state index in [1.807, 2.05) is 36.4 Å². The summed E-state index contributed by atoms with van der Waals surface area (Å²) < 4.78 is 10.4. The van der Waals surface area contributed by atoms with Crippen LogP contribution in [0.5, 0.6) is 11.5 Å². The molecule has 2 N–H and O–H groups in total. The zero-order valence-corrected chi connectivity index (χ0v) is 16.4. The highest BCUT2D eigenvalue weighted by Gasteiger charge is 2.10. The molecule has 0 aliphatic carbocycles. The molecule has 2 rings (SSSR count). The third kappa shape index (κ3) is 11.5. The average molecular weight is 363 g/mol. The van der Waals surface area contributed by atoms with Crippen molar-refractivity contribution in [2.75, 3.05) is 13.1 Å². The monoisotopic (exact) mass is 363 g/mol. The Morgan fingerprint density at radius 3 is 1.44 bits per heavy atom. The van der Waals surface area contributed by atoms with Crippen molar-refractivity contribution in [2.24, 2.45) is 11.8 Å². The van der Waals surface area contributed by atoms with Gasteiger partial charge >= 0.3 is 8.60 Å². The van der Waals surface area contributed by atoms with Gasteiger partial charge in [0.1, 0.15) is 11.5 Å². The van der Waals surface area contributed by atoms with Crippen LogP contribution in [-0.2, 0) is 0 Å². The number of hydrogen-bond acceptors (Lipinski definition) is 4. The van der Waals surface area contributed by atoms with Crippen molar-refractivity contribution in [3.05, 3.63) is 60.7 Å². The number of rotatable bonds is 8. The maximum atomic E-state index is 9.58. The van der Waals surface area contributed by atoms with Gasteiger partial charge in [0.15, 0.2) is 0 Å². The summed E-state index contributed by atoms with van der Waals surface area (Å²) in [4.78, 5) is 9.58. The topological polar surface area (TPSA) is 50.7 Å². The van der Waals surface area contributed by atoms with Crippen molar-refractivity contribution < 1.29 is 13.9 Å². The number of benzene rings is 2. The van der Waals surface area contributed by atoms with Crippen molar-refractivity contribution >= 4 is 8.60 Å². The molecule has 4 nitrogen and oxygen atoms in total. The fraction of sp³-hybridized carbons (Fsp3) is 0.400. The van der Waals surface area contributed by atoms with Crippen LogP contribution >= 0.6 is 8.60 Å². The summed E-state index contributed by atoms with van der Waals surface area (Å²) >= 11 is 0. The van der Waals surface area contributed by atoms with Gasteiger partial charge in [0.2, 0.25) is 0 Å². The van der Waals surface area contributed by atoms with Crippen LogP contribution in [0.3, 0.4) is 0 Å². The van der Waals surface area contributed by atoms with Crippen molar-refractivity contribution in [2.45, 2.75) is 27.7 Å². The first kappa shape index (κ1) is 21.4. The minimum Gasteiger partial charge on any atom is -0.418 e. The first-order valence-corrected chi connectivity index (χ1v) is 9.76. The molecule has 0 spiro atoms. The van der Waals surface area contributed by atoms with Crippen molar-refractivity contribution in [3.63, 3.8) is 0 Å². The molecule has 0 saturated carbocycles. The van der Waals surface area contributed by atoms with Gasteiger partial charge in [-0.2, -0.15) is 0 Å². The van der Waals surface area contributed by atoms with Crippen molar-refractivity contribution in [1.29, 1.82) is 0 Å². The molecule has 0 unspecified atom stereocenters. The summed E-state index contributed by atoms with van der Waals surface area (Å²) in [5.74, 6) is 2.74. The third-order valence-corrected chi connectivity index (χ3v) is 3.69. The smallest absolute Gasteiger partial charge is 0.418 e. The molecule has 0 aliphatic heterocycles. The van der Waals surface area contributed by atoms with E-state index in [-0.39, 0.29) is 0 Å². The van der Waals surface area contributed by atoms with Crippen LogP contribution in [0.2, 0.25) is 0 Å². The Morgan fingerprint density at radius 2 is 1.12 bits per heavy atom. The predicted molar refractivity (Wildman–Crippen MR) is 106 cm³/mol. The molecule has 0 fully saturated rings. The molecule has 5 heteroatoms. The minimum atomic E-state index is -1.93. The molecular weight excluding hydrogens is 333 g/mol. The van der Waals surface area contributed by atoms with E-state index in [0.717, 1.165) is 24.9 Å². The molecule has 0 radical (unpaired) electrons. The normalized spacial score (nSPS) is 10.6. The highest BCUT2D eigenvalue weighted by atomic mass is 31.2. The van der Waals surface area contributed by atoms with Gasteiger partial charge in [-0.25, -0.2) is 0 Å². The molecule has 0 atom stereocenters. The summed E-state index contributed by atoms with van der Waals surface area (Å²) in [6, 6.07) is 18.2. The fourth-order valence-electron chi connectivity index (χ4n) is 1.82. The Hall–Kier alpha value is -1.61. The van der Waals surface area contributed by atoms with E-state index in [1.165, 1.54) is 0 Å².